The van der Waals surface area contributed by atoms with Crippen molar-refractivity contribution in [3.8, 4) is 0 Å². The predicted molar refractivity (Wildman–Crippen MR) is 60.0 cm³/mol. The second kappa shape index (κ2) is 4.06. The summed E-state index contributed by atoms with van der Waals surface area (Å²) in [5.74, 6) is -0.625. The van der Waals surface area contributed by atoms with Crippen molar-refractivity contribution < 1.29 is 9.90 Å². The number of benzene rings is 1. The van der Waals surface area contributed by atoms with Crippen molar-refractivity contribution in [1.29, 1.82) is 0 Å². The van der Waals surface area contributed by atoms with Crippen molar-refractivity contribution >= 4 is 17.5 Å². The van der Waals surface area contributed by atoms with Crippen molar-refractivity contribution in [2.45, 2.75) is 6.92 Å². The number of carboxylic acid groups (broad SMARTS) is 1. The molecular weight excluding hydrogens is 206 g/mol. The van der Waals surface area contributed by atoms with Gasteiger partial charge in [0.15, 0.2) is 0 Å². The minimum absolute atomic E-state index is 0.126. The van der Waals surface area contributed by atoms with E-state index in [4.69, 9.17) is 5.11 Å². The van der Waals surface area contributed by atoms with Crippen molar-refractivity contribution in [3.05, 3.63) is 41.6 Å². The number of carboxylic acids is 1. The van der Waals surface area contributed by atoms with Gasteiger partial charge in [-0.2, -0.15) is 5.10 Å². The Balaban J connectivity index is 2.23. The van der Waals surface area contributed by atoms with Gasteiger partial charge in [0.25, 0.3) is 0 Å². The number of nitrogens with zero attached hydrogens (tertiary/aromatic N) is 1. The van der Waals surface area contributed by atoms with Gasteiger partial charge in [0, 0.05) is 5.69 Å². The fourth-order valence-corrected chi connectivity index (χ4v) is 1.32. The van der Waals surface area contributed by atoms with Crippen LogP contribution in [0.25, 0.3) is 0 Å². The Kier molecular flexibility index (Phi) is 2.59. The van der Waals surface area contributed by atoms with Crippen LogP contribution in [0.5, 0.6) is 0 Å². The largest absolute Gasteiger partial charge is 0.477 e. The maximum Gasteiger partial charge on any atom is 0.341 e. The Hall–Kier alpha value is -2.30. The van der Waals surface area contributed by atoms with Crippen LogP contribution < -0.4 is 5.32 Å². The molecule has 0 saturated heterocycles. The quantitative estimate of drug-likeness (QED) is 0.736. The molecule has 82 valence electrons. The van der Waals surface area contributed by atoms with Crippen LogP contribution in [0.4, 0.5) is 11.5 Å². The summed E-state index contributed by atoms with van der Waals surface area (Å²) >= 11 is 0. The van der Waals surface area contributed by atoms with Gasteiger partial charge in [-0.1, -0.05) is 17.7 Å². The van der Waals surface area contributed by atoms with Crippen molar-refractivity contribution in [2.24, 2.45) is 0 Å². The molecule has 0 bridgehead atoms. The molecule has 0 saturated carbocycles. The van der Waals surface area contributed by atoms with Crippen LogP contribution in [0.3, 0.4) is 0 Å². The molecule has 3 N–H and O–H groups in total. The zero-order chi connectivity index (χ0) is 11.5. The molecule has 2 aromatic rings. The van der Waals surface area contributed by atoms with E-state index >= 15 is 0 Å². The van der Waals surface area contributed by atoms with Crippen molar-refractivity contribution in [3.63, 3.8) is 0 Å². The minimum atomic E-state index is -1.01. The van der Waals surface area contributed by atoms with Crippen LogP contribution in [0.15, 0.2) is 30.5 Å². The number of nitrogens with one attached hydrogen (secondary N) is 2. The van der Waals surface area contributed by atoms with E-state index in [2.05, 4.69) is 15.5 Å². The zero-order valence-corrected chi connectivity index (χ0v) is 8.69. The lowest BCUT2D eigenvalue weighted by atomic mass is 10.2. The van der Waals surface area contributed by atoms with Crippen LogP contribution in [0.2, 0.25) is 0 Å². The molecule has 1 aromatic heterocycles. The van der Waals surface area contributed by atoms with E-state index in [9.17, 15) is 4.79 Å². The maximum absolute atomic E-state index is 10.8. The standard InChI is InChI=1S/C11H11N3O2/c1-7-2-4-8(5-3-7)13-10-9(11(15)16)6-12-14-10/h2-6H,1H3,(H,15,16)(H2,12,13,14). The zero-order valence-electron chi connectivity index (χ0n) is 8.69. The van der Waals surface area contributed by atoms with Gasteiger partial charge in [-0.3, -0.25) is 5.10 Å². The number of aromatic carboxylic acids is 1. The number of aromatic amines is 1. The Bertz CT molecular complexity index is 502. The summed E-state index contributed by atoms with van der Waals surface area (Å²) in [6.45, 7) is 1.99. The van der Waals surface area contributed by atoms with E-state index in [0.717, 1.165) is 11.3 Å². The first-order chi connectivity index (χ1) is 7.66. The molecule has 5 heteroatoms. The molecule has 2 rings (SSSR count). The van der Waals surface area contributed by atoms with E-state index < -0.39 is 5.97 Å². The lowest BCUT2D eigenvalue weighted by Crippen LogP contribution is -2.00. The smallest absolute Gasteiger partial charge is 0.341 e. The maximum atomic E-state index is 10.8. The fourth-order valence-electron chi connectivity index (χ4n) is 1.32. The van der Waals surface area contributed by atoms with E-state index in [1.807, 2.05) is 31.2 Å². The summed E-state index contributed by atoms with van der Waals surface area (Å²) in [6.07, 6.45) is 1.28. The molecule has 0 aliphatic rings. The highest BCUT2D eigenvalue weighted by molar-refractivity contribution is 5.93. The van der Waals surface area contributed by atoms with E-state index in [0.29, 0.717) is 5.82 Å². The number of H-pyrrole nitrogens is 1. The van der Waals surface area contributed by atoms with Gasteiger partial charge >= 0.3 is 5.97 Å². The molecule has 5 nitrogen and oxygen atoms in total. The topological polar surface area (TPSA) is 78.0 Å². The lowest BCUT2D eigenvalue weighted by molar-refractivity contribution is 0.0698. The molecule has 0 spiro atoms. The minimum Gasteiger partial charge on any atom is -0.477 e. The molecule has 0 atom stereocenters. The number of hydrogen-bond donors (Lipinski definition) is 3. The molecule has 0 aliphatic carbocycles. The monoisotopic (exact) mass is 217 g/mol. The van der Waals surface area contributed by atoms with E-state index in [-0.39, 0.29) is 5.56 Å². The van der Waals surface area contributed by atoms with Gasteiger partial charge in [-0.25, -0.2) is 4.79 Å². The lowest BCUT2D eigenvalue weighted by Gasteiger charge is -2.04. The van der Waals surface area contributed by atoms with Gasteiger partial charge in [0.2, 0.25) is 0 Å². The number of carbonyl (C=O) groups is 1. The summed E-state index contributed by atoms with van der Waals surface area (Å²) in [5, 5.41) is 18.1. The molecule has 0 amide bonds. The fraction of sp³-hybridized carbons (Fsp3) is 0.0909. The van der Waals surface area contributed by atoms with Gasteiger partial charge in [-0.15, -0.1) is 0 Å². The highest BCUT2D eigenvalue weighted by Crippen LogP contribution is 2.18. The third-order valence-electron chi connectivity index (χ3n) is 2.19. The van der Waals surface area contributed by atoms with E-state index in [1.165, 1.54) is 6.20 Å². The molecular formula is C11H11N3O2. The van der Waals surface area contributed by atoms with Crippen LogP contribution in [0.1, 0.15) is 15.9 Å². The third kappa shape index (κ3) is 2.03. The highest BCUT2D eigenvalue weighted by Gasteiger charge is 2.11. The normalized spacial score (nSPS) is 10.1. The second-order valence-electron chi connectivity index (χ2n) is 3.45. The summed E-state index contributed by atoms with van der Waals surface area (Å²) in [5.41, 5.74) is 2.09. The number of aromatic nitrogens is 2. The Labute approximate surface area is 92.1 Å². The SMILES string of the molecule is Cc1ccc(Nc2[nH]ncc2C(=O)O)cc1. The van der Waals surface area contributed by atoms with Crippen LogP contribution in [-0.2, 0) is 0 Å². The van der Waals surface area contributed by atoms with Crippen LogP contribution >= 0.6 is 0 Å². The van der Waals surface area contributed by atoms with Gasteiger partial charge in [0.05, 0.1) is 6.20 Å². The molecule has 0 fully saturated rings. The molecule has 1 aromatic carbocycles. The Morgan fingerprint density at radius 3 is 2.69 bits per heavy atom. The molecule has 0 unspecified atom stereocenters. The number of anilines is 2. The Morgan fingerprint density at radius 1 is 1.38 bits per heavy atom. The molecule has 1 heterocycles. The first-order valence-electron chi connectivity index (χ1n) is 4.77. The van der Waals surface area contributed by atoms with Crippen LogP contribution in [-0.4, -0.2) is 21.3 Å². The highest BCUT2D eigenvalue weighted by atomic mass is 16.4. The first-order valence-corrected chi connectivity index (χ1v) is 4.77. The van der Waals surface area contributed by atoms with Crippen LogP contribution in [0, 0.1) is 6.92 Å². The third-order valence-corrected chi connectivity index (χ3v) is 2.19. The van der Waals surface area contributed by atoms with E-state index in [1.54, 1.807) is 0 Å². The molecule has 0 aliphatic heterocycles. The summed E-state index contributed by atoms with van der Waals surface area (Å²) in [7, 11) is 0. The predicted octanol–water partition coefficient (Wildman–Crippen LogP) is 2.16. The summed E-state index contributed by atoms with van der Waals surface area (Å²) in [4.78, 5) is 10.8. The Morgan fingerprint density at radius 2 is 2.06 bits per heavy atom. The van der Waals surface area contributed by atoms with Gasteiger partial charge in [0.1, 0.15) is 11.4 Å². The number of hydrogen-bond acceptors (Lipinski definition) is 3. The first kappa shape index (κ1) is 10.2. The van der Waals surface area contributed by atoms with Crippen molar-refractivity contribution in [1.82, 2.24) is 10.2 Å². The second-order valence-corrected chi connectivity index (χ2v) is 3.45. The summed E-state index contributed by atoms with van der Waals surface area (Å²) < 4.78 is 0. The van der Waals surface area contributed by atoms with Gasteiger partial charge < -0.3 is 10.4 Å². The summed E-state index contributed by atoms with van der Waals surface area (Å²) in [6, 6.07) is 7.64. The molecule has 0 radical (unpaired) electrons. The average molecular weight is 217 g/mol. The number of rotatable bonds is 3. The van der Waals surface area contributed by atoms with Gasteiger partial charge in [-0.05, 0) is 19.1 Å². The van der Waals surface area contributed by atoms with Crippen molar-refractivity contribution in [2.75, 3.05) is 5.32 Å². The number of aryl methyl sites for hydroxylation is 1. The molecule has 16 heavy (non-hydrogen) atoms. The average Bonchev–Trinajstić information content (AvgIpc) is 2.69.